The van der Waals surface area contributed by atoms with Gasteiger partial charge in [0.25, 0.3) is 0 Å². The normalized spacial score (nSPS) is 33.6. The molecular formula is C6H14N2O3S. The molecule has 0 unspecified atom stereocenters. The number of sulfonamides is 1. The molecule has 1 fully saturated rings. The van der Waals surface area contributed by atoms with Crippen molar-refractivity contribution in [1.29, 1.82) is 0 Å². The molecule has 72 valence electrons. The molecule has 0 amide bonds. The zero-order chi connectivity index (χ0) is 9.35. The third kappa shape index (κ3) is 2.16. The van der Waals surface area contributed by atoms with Crippen LogP contribution in [0.2, 0.25) is 0 Å². The van der Waals surface area contributed by atoms with E-state index in [0.29, 0.717) is 13.0 Å². The van der Waals surface area contributed by atoms with Gasteiger partial charge in [-0.2, -0.15) is 4.31 Å². The number of piperidine rings is 1. The van der Waals surface area contributed by atoms with Crippen molar-refractivity contribution in [3.05, 3.63) is 0 Å². The second-order valence-corrected chi connectivity index (χ2v) is 5.12. The average Bonchev–Trinajstić information content (AvgIpc) is 1.92. The number of aliphatic hydroxyl groups is 1. The van der Waals surface area contributed by atoms with Crippen LogP contribution in [0.4, 0.5) is 0 Å². The molecule has 12 heavy (non-hydrogen) atoms. The summed E-state index contributed by atoms with van der Waals surface area (Å²) in [6.07, 6.45) is 0.929. The van der Waals surface area contributed by atoms with Gasteiger partial charge in [-0.25, -0.2) is 8.42 Å². The molecule has 2 atom stereocenters. The summed E-state index contributed by atoms with van der Waals surface area (Å²) >= 11 is 0. The van der Waals surface area contributed by atoms with Gasteiger partial charge < -0.3 is 10.8 Å². The van der Waals surface area contributed by atoms with E-state index in [0.717, 1.165) is 6.26 Å². The number of β-amino-alcohol motifs (C(OH)–C–C–N with tert-alkyl or cyclic N) is 1. The fourth-order valence-corrected chi connectivity index (χ4v) is 2.08. The minimum atomic E-state index is -3.16. The van der Waals surface area contributed by atoms with Crippen LogP contribution in [0.5, 0.6) is 0 Å². The first-order chi connectivity index (χ1) is 5.41. The summed E-state index contributed by atoms with van der Waals surface area (Å²) < 4.78 is 23.3. The highest BCUT2D eigenvalue weighted by molar-refractivity contribution is 7.88. The smallest absolute Gasteiger partial charge is 0.211 e. The molecule has 1 rings (SSSR count). The molecule has 0 bridgehead atoms. The molecule has 0 aromatic carbocycles. The second-order valence-electron chi connectivity index (χ2n) is 3.14. The van der Waals surface area contributed by atoms with E-state index in [1.165, 1.54) is 4.31 Å². The molecule has 1 aliphatic heterocycles. The Labute approximate surface area is 72.2 Å². The minimum absolute atomic E-state index is 0.125. The summed E-state index contributed by atoms with van der Waals surface area (Å²) in [5.41, 5.74) is 5.51. The van der Waals surface area contributed by atoms with Gasteiger partial charge in [-0.05, 0) is 6.42 Å². The number of nitrogens with two attached hydrogens (primary N) is 1. The van der Waals surface area contributed by atoms with E-state index in [2.05, 4.69) is 0 Å². The van der Waals surface area contributed by atoms with Crippen LogP contribution >= 0.6 is 0 Å². The van der Waals surface area contributed by atoms with Crippen molar-refractivity contribution >= 4 is 10.0 Å². The summed E-state index contributed by atoms with van der Waals surface area (Å²) in [4.78, 5) is 0. The predicted octanol–water partition coefficient (Wildman–Crippen LogP) is -1.66. The number of aliphatic hydroxyl groups excluding tert-OH is 1. The molecule has 6 heteroatoms. The molecule has 1 saturated heterocycles. The van der Waals surface area contributed by atoms with Crippen molar-refractivity contribution in [2.24, 2.45) is 5.73 Å². The standard InChI is InChI=1S/C6H14N2O3S/c1-12(10,11)8-3-2-5(7)6(9)4-8/h5-6,9H,2-4,7H2,1H3/t5-,6-/m1/s1. The first-order valence-corrected chi connectivity index (χ1v) is 5.65. The van der Waals surface area contributed by atoms with Gasteiger partial charge in [0, 0.05) is 19.1 Å². The van der Waals surface area contributed by atoms with E-state index in [9.17, 15) is 13.5 Å². The Hall–Kier alpha value is -0.170. The van der Waals surface area contributed by atoms with Gasteiger partial charge in [-0.3, -0.25) is 0 Å². The fraction of sp³-hybridized carbons (Fsp3) is 1.00. The lowest BCUT2D eigenvalue weighted by Crippen LogP contribution is -2.51. The van der Waals surface area contributed by atoms with Crippen LogP contribution in [0.3, 0.4) is 0 Å². The summed E-state index contributed by atoms with van der Waals surface area (Å²) in [6.45, 7) is 0.539. The van der Waals surface area contributed by atoms with Gasteiger partial charge in [-0.15, -0.1) is 0 Å². The van der Waals surface area contributed by atoms with Crippen LogP contribution in [-0.4, -0.2) is 49.3 Å². The van der Waals surface area contributed by atoms with Crippen LogP contribution in [0.1, 0.15) is 6.42 Å². The molecular weight excluding hydrogens is 180 g/mol. The lowest BCUT2D eigenvalue weighted by atomic mass is 10.1. The summed E-state index contributed by atoms with van der Waals surface area (Å²) in [5.74, 6) is 0. The highest BCUT2D eigenvalue weighted by atomic mass is 32.2. The Balaban J connectivity index is 2.64. The van der Waals surface area contributed by atoms with Crippen LogP contribution < -0.4 is 5.73 Å². The molecule has 0 aromatic heterocycles. The van der Waals surface area contributed by atoms with E-state index in [1.807, 2.05) is 0 Å². The molecule has 1 heterocycles. The van der Waals surface area contributed by atoms with E-state index in [4.69, 9.17) is 5.73 Å². The van der Waals surface area contributed by atoms with E-state index in [-0.39, 0.29) is 12.6 Å². The maximum Gasteiger partial charge on any atom is 0.211 e. The maximum atomic E-state index is 11.0. The van der Waals surface area contributed by atoms with Crippen LogP contribution in [-0.2, 0) is 10.0 Å². The third-order valence-electron chi connectivity index (χ3n) is 2.07. The predicted molar refractivity (Wildman–Crippen MR) is 45.0 cm³/mol. The Kier molecular flexibility index (Phi) is 2.72. The molecule has 5 nitrogen and oxygen atoms in total. The van der Waals surface area contributed by atoms with Gasteiger partial charge in [-0.1, -0.05) is 0 Å². The summed E-state index contributed by atoms with van der Waals surface area (Å²) in [7, 11) is -3.16. The van der Waals surface area contributed by atoms with Gasteiger partial charge in [0.1, 0.15) is 0 Å². The van der Waals surface area contributed by atoms with Crippen molar-refractivity contribution in [3.63, 3.8) is 0 Å². The Morgan fingerprint density at radius 2 is 2.17 bits per heavy atom. The van der Waals surface area contributed by atoms with Gasteiger partial charge in [0.15, 0.2) is 0 Å². The Bertz CT molecular complexity index is 252. The van der Waals surface area contributed by atoms with Crippen molar-refractivity contribution < 1.29 is 13.5 Å². The van der Waals surface area contributed by atoms with Gasteiger partial charge >= 0.3 is 0 Å². The monoisotopic (exact) mass is 194 g/mol. The van der Waals surface area contributed by atoms with Crippen LogP contribution in [0, 0.1) is 0 Å². The van der Waals surface area contributed by atoms with Crippen molar-refractivity contribution in [2.45, 2.75) is 18.6 Å². The fourth-order valence-electron chi connectivity index (χ4n) is 1.22. The average molecular weight is 194 g/mol. The topological polar surface area (TPSA) is 83.6 Å². The van der Waals surface area contributed by atoms with Crippen molar-refractivity contribution in [2.75, 3.05) is 19.3 Å². The first kappa shape index (κ1) is 9.91. The highest BCUT2D eigenvalue weighted by Gasteiger charge is 2.29. The van der Waals surface area contributed by atoms with E-state index < -0.39 is 16.1 Å². The highest BCUT2D eigenvalue weighted by Crippen LogP contribution is 2.11. The third-order valence-corrected chi connectivity index (χ3v) is 3.34. The summed E-state index contributed by atoms with van der Waals surface area (Å²) in [6, 6.07) is -0.289. The van der Waals surface area contributed by atoms with E-state index in [1.54, 1.807) is 0 Å². The van der Waals surface area contributed by atoms with Crippen molar-refractivity contribution in [3.8, 4) is 0 Å². The first-order valence-electron chi connectivity index (χ1n) is 3.80. The molecule has 0 radical (unpaired) electrons. The number of rotatable bonds is 1. The Morgan fingerprint density at radius 1 is 1.58 bits per heavy atom. The molecule has 0 spiro atoms. The maximum absolute atomic E-state index is 11.0. The summed E-state index contributed by atoms with van der Waals surface area (Å²) in [5, 5.41) is 9.28. The number of hydrogen-bond acceptors (Lipinski definition) is 4. The molecule has 0 aliphatic carbocycles. The number of nitrogens with zero attached hydrogens (tertiary/aromatic N) is 1. The van der Waals surface area contributed by atoms with Crippen molar-refractivity contribution in [1.82, 2.24) is 4.31 Å². The number of hydrogen-bond donors (Lipinski definition) is 2. The van der Waals surface area contributed by atoms with E-state index >= 15 is 0 Å². The zero-order valence-corrected chi connectivity index (χ0v) is 7.79. The quantitative estimate of drug-likeness (QED) is 0.523. The van der Waals surface area contributed by atoms with Crippen LogP contribution in [0.25, 0.3) is 0 Å². The molecule has 3 N–H and O–H groups in total. The lowest BCUT2D eigenvalue weighted by molar-refractivity contribution is 0.0880. The largest absolute Gasteiger partial charge is 0.390 e. The second kappa shape index (κ2) is 3.29. The zero-order valence-electron chi connectivity index (χ0n) is 6.97. The SMILES string of the molecule is CS(=O)(=O)N1CC[C@@H](N)[C@H](O)C1. The lowest BCUT2D eigenvalue weighted by Gasteiger charge is -2.32. The molecule has 1 aliphatic rings. The molecule has 0 aromatic rings. The Morgan fingerprint density at radius 3 is 2.58 bits per heavy atom. The van der Waals surface area contributed by atoms with Crippen LogP contribution in [0.15, 0.2) is 0 Å². The minimum Gasteiger partial charge on any atom is -0.390 e. The van der Waals surface area contributed by atoms with Gasteiger partial charge in [0.2, 0.25) is 10.0 Å². The van der Waals surface area contributed by atoms with Gasteiger partial charge in [0.05, 0.1) is 12.4 Å². The molecule has 0 saturated carbocycles.